The first-order chi connectivity index (χ1) is 8.83. The van der Waals surface area contributed by atoms with Crippen LogP contribution in [0.4, 0.5) is 0 Å². The summed E-state index contributed by atoms with van der Waals surface area (Å²) >= 11 is 0. The van der Waals surface area contributed by atoms with E-state index >= 15 is 0 Å². The van der Waals surface area contributed by atoms with Crippen molar-refractivity contribution >= 4 is 21.8 Å². The molecule has 0 aliphatic heterocycles. The smallest absolute Gasteiger partial charge is 0.0723 e. The Labute approximate surface area is 105 Å². The average Bonchev–Trinajstić information content (AvgIpc) is 2.77. The second-order valence-corrected chi connectivity index (χ2v) is 5.14. The number of hydrogen-bond acceptors (Lipinski definition) is 2. The first-order valence-electron chi connectivity index (χ1n) is 6.45. The predicted octanol–water partition coefficient (Wildman–Crippen LogP) is 2.53. The lowest BCUT2D eigenvalue weighted by Crippen LogP contribution is -2.27. The number of aromatic amines is 1. The van der Waals surface area contributed by atoms with E-state index in [-0.39, 0.29) is 0 Å². The molecule has 0 radical (unpaired) electrons. The van der Waals surface area contributed by atoms with Crippen LogP contribution in [0.15, 0.2) is 30.5 Å². The second kappa shape index (κ2) is 3.56. The molecule has 2 heterocycles. The normalized spacial score (nSPS) is 19.3. The third kappa shape index (κ3) is 1.31. The van der Waals surface area contributed by atoms with Gasteiger partial charge in [-0.3, -0.25) is 4.98 Å². The van der Waals surface area contributed by atoms with E-state index in [2.05, 4.69) is 28.2 Å². The van der Waals surface area contributed by atoms with Crippen molar-refractivity contribution in [3.63, 3.8) is 0 Å². The maximum atomic E-state index is 6.09. The summed E-state index contributed by atoms with van der Waals surface area (Å²) in [5, 5.41) is 2.53. The maximum absolute atomic E-state index is 6.09. The Balaban J connectivity index is 2.10. The van der Waals surface area contributed by atoms with Crippen LogP contribution in [0.25, 0.3) is 21.8 Å². The molecular formula is C15H15N3. The Morgan fingerprint density at radius 3 is 3.11 bits per heavy atom. The highest BCUT2D eigenvalue weighted by Crippen LogP contribution is 2.32. The van der Waals surface area contributed by atoms with E-state index in [0.717, 1.165) is 24.8 Å². The topological polar surface area (TPSA) is 54.7 Å². The minimum absolute atomic E-state index is 0.307. The van der Waals surface area contributed by atoms with Crippen LogP contribution < -0.4 is 5.73 Å². The van der Waals surface area contributed by atoms with Crippen molar-refractivity contribution in [1.82, 2.24) is 9.97 Å². The summed E-state index contributed by atoms with van der Waals surface area (Å²) in [7, 11) is 0. The van der Waals surface area contributed by atoms with Crippen molar-refractivity contribution in [1.29, 1.82) is 0 Å². The van der Waals surface area contributed by atoms with Crippen molar-refractivity contribution in [2.75, 3.05) is 0 Å². The third-order valence-electron chi connectivity index (χ3n) is 3.98. The van der Waals surface area contributed by atoms with Gasteiger partial charge in [0, 0.05) is 28.7 Å². The predicted molar refractivity (Wildman–Crippen MR) is 73.6 cm³/mol. The second-order valence-electron chi connectivity index (χ2n) is 5.14. The highest BCUT2D eigenvalue weighted by atomic mass is 14.8. The molecule has 1 aliphatic carbocycles. The molecule has 0 unspecified atom stereocenters. The maximum Gasteiger partial charge on any atom is 0.0723 e. The Bertz CT molecular complexity index is 742. The summed E-state index contributed by atoms with van der Waals surface area (Å²) in [6.45, 7) is 0. The SMILES string of the molecule is N[C@H]1CCc2[nH]c3c(ccc4ncccc43)c2C1. The number of rotatable bonds is 0. The van der Waals surface area contributed by atoms with E-state index in [1.807, 2.05) is 12.3 Å². The Morgan fingerprint density at radius 1 is 1.22 bits per heavy atom. The number of aromatic nitrogens is 2. The zero-order valence-electron chi connectivity index (χ0n) is 10.1. The summed E-state index contributed by atoms with van der Waals surface area (Å²) in [5.41, 5.74) is 11.1. The van der Waals surface area contributed by atoms with Crippen LogP contribution in [0, 0.1) is 0 Å². The van der Waals surface area contributed by atoms with Crippen molar-refractivity contribution < 1.29 is 0 Å². The molecule has 1 atom stereocenters. The highest BCUT2D eigenvalue weighted by molar-refractivity contribution is 6.05. The number of nitrogens with zero attached hydrogens (tertiary/aromatic N) is 1. The molecule has 90 valence electrons. The van der Waals surface area contributed by atoms with Gasteiger partial charge in [0.15, 0.2) is 0 Å². The van der Waals surface area contributed by atoms with E-state index in [0.29, 0.717) is 6.04 Å². The number of aryl methyl sites for hydroxylation is 1. The Morgan fingerprint density at radius 2 is 2.17 bits per heavy atom. The van der Waals surface area contributed by atoms with Crippen LogP contribution in [0.5, 0.6) is 0 Å². The lowest BCUT2D eigenvalue weighted by Gasteiger charge is -2.17. The van der Waals surface area contributed by atoms with Gasteiger partial charge < -0.3 is 10.7 Å². The average molecular weight is 237 g/mol. The monoisotopic (exact) mass is 237 g/mol. The van der Waals surface area contributed by atoms with Gasteiger partial charge in [-0.1, -0.05) is 6.07 Å². The quantitative estimate of drug-likeness (QED) is 0.631. The van der Waals surface area contributed by atoms with Crippen LogP contribution in [0.2, 0.25) is 0 Å². The zero-order chi connectivity index (χ0) is 12.1. The fourth-order valence-electron chi connectivity index (χ4n) is 3.07. The molecule has 2 aromatic heterocycles. The largest absolute Gasteiger partial charge is 0.358 e. The summed E-state index contributed by atoms with van der Waals surface area (Å²) in [4.78, 5) is 7.99. The lowest BCUT2D eigenvalue weighted by atomic mass is 9.92. The molecule has 1 aromatic carbocycles. The molecule has 0 fully saturated rings. The van der Waals surface area contributed by atoms with Crippen molar-refractivity contribution in [2.45, 2.75) is 25.3 Å². The molecule has 3 aromatic rings. The molecule has 3 nitrogen and oxygen atoms in total. The minimum atomic E-state index is 0.307. The highest BCUT2D eigenvalue weighted by Gasteiger charge is 2.20. The first-order valence-corrected chi connectivity index (χ1v) is 6.45. The van der Waals surface area contributed by atoms with Gasteiger partial charge in [0.1, 0.15) is 0 Å². The molecule has 0 saturated heterocycles. The molecule has 3 N–H and O–H groups in total. The van der Waals surface area contributed by atoms with E-state index in [1.165, 1.54) is 27.5 Å². The number of hydrogen-bond donors (Lipinski definition) is 2. The Hall–Kier alpha value is -1.87. The number of fused-ring (bicyclic) bond motifs is 5. The minimum Gasteiger partial charge on any atom is -0.358 e. The van der Waals surface area contributed by atoms with E-state index in [9.17, 15) is 0 Å². The lowest BCUT2D eigenvalue weighted by molar-refractivity contribution is 0.574. The first kappa shape index (κ1) is 10.1. The van der Waals surface area contributed by atoms with Gasteiger partial charge in [-0.05, 0) is 43.0 Å². The van der Waals surface area contributed by atoms with Crippen molar-refractivity contribution in [3.05, 3.63) is 41.7 Å². The van der Waals surface area contributed by atoms with Gasteiger partial charge in [0.05, 0.1) is 11.0 Å². The van der Waals surface area contributed by atoms with Crippen LogP contribution in [0.3, 0.4) is 0 Å². The van der Waals surface area contributed by atoms with Crippen LogP contribution in [0.1, 0.15) is 17.7 Å². The molecular weight excluding hydrogens is 222 g/mol. The van der Waals surface area contributed by atoms with Gasteiger partial charge in [-0.2, -0.15) is 0 Å². The van der Waals surface area contributed by atoms with Crippen LogP contribution >= 0.6 is 0 Å². The van der Waals surface area contributed by atoms with Crippen molar-refractivity contribution in [3.8, 4) is 0 Å². The number of nitrogens with two attached hydrogens (primary N) is 1. The summed E-state index contributed by atoms with van der Waals surface area (Å²) in [5.74, 6) is 0. The molecule has 0 spiro atoms. The summed E-state index contributed by atoms with van der Waals surface area (Å²) < 4.78 is 0. The molecule has 1 aliphatic rings. The zero-order valence-corrected chi connectivity index (χ0v) is 10.1. The van der Waals surface area contributed by atoms with Crippen molar-refractivity contribution in [2.24, 2.45) is 5.73 Å². The van der Waals surface area contributed by atoms with Gasteiger partial charge in [-0.25, -0.2) is 0 Å². The number of pyridine rings is 1. The Kier molecular flexibility index (Phi) is 2.00. The number of H-pyrrole nitrogens is 1. The molecule has 0 bridgehead atoms. The third-order valence-corrected chi connectivity index (χ3v) is 3.98. The molecule has 0 saturated carbocycles. The summed E-state index contributed by atoms with van der Waals surface area (Å²) in [6.07, 6.45) is 4.97. The van der Waals surface area contributed by atoms with Crippen LogP contribution in [-0.2, 0) is 12.8 Å². The molecule has 18 heavy (non-hydrogen) atoms. The number of benzene rings is 1. The van der Waals surface area contributed by atoms with Gasteiger partial charge in [0.25, 0.3) is 0 Å². The molecule has 3 heteroatoms. The van der Waals surface area contributed by atoms with Crippen LogP contribution in [-0.4, -0.2) is 16.0 Å². The van der Waals surface area contributed by atoms with E-state index < -0.39 is 0 Å². The summed E-state index contributed by atoms with van der Waals surface area (Å²) in [6, 6.07) is 8.71. The van der Waals surface area contributed by atoms with E-state index in [1.54, 1.807) is 0 Å². The fraction of sp³-hybridized carbons (Fsp3) is 0.267. The van der Waals surface area contributed by atoms with Gasteiger partial charge in [0.2, 0.25) is 0 Å². The standard InChI is InChI=1S/C15H15N3/c16-9-3-5-14-12(8-9)10-4-6-13-11(15(10)18-14)2-1-7-17-13/h1-2,4,6-7,9,18H,3,5,8,16H2/t9-/m0/s1. The molecule has 4 rings (SSSR count). The van der Waals surface area contributed by atoms with Gasteiger partial charge in [-0.15, -0.1) is 0 Å². The number of nitrogens with one attached hydrogen (secondary N) is 1. The fourth-order valence-corrected chi connectivity index (χ4v) is 3.07. The van der Waals surface area contributed by atoms with Gasteiger partial charge >= 0.3 is 0 Å². The molecule has 0 amide bonds. The van der Waals surface area contributed by atoms with E-state index in [4.69, 9.17) is 5.73 Å².